The molecule has 3 unspecified atom stereocenters. The Bertz CT molecular complexity index is 1020. The van der Waals surface area contributed by atoms with E-state index in [2.05, 4.69) is 15.5 Å². The number of hydrogen-bond donors (Lipinski definition) is 1. The highest BCUT2D eigenvalue weighted by Gasteiger charge is 2.65. The molecule has 0 spiro atoms. The van der Waals surface area contributed by atoms with Gasteiger partial charge in [0.25, 0.3) is 5.91 Å². The predicted molar refractivity (Wildman–Crippen MR) is 122 cm³/mol. The molecule has 2 aromatic rings. The Kier molecular flexibility index (Phi) is 6.63. The zero-order chi connectivity index (χ0) is 22.9. The number of fused-ring (bicyclic) bond motifs is 1. The van der Waals surface area contributed by atoms with Gasteiger partial charge in [-0.05, 0) is 26.0 Å². The lowest BCUT2D eigenvalue weighted by Gasteiger charge is -2.43. The van der Waals surface area contributed by atoms with E-state index in [-0.39, 0.29) is 17.9 Å². The molecule has 2 fully saturated rings. The van der Waals surface area contributed by atoms with Crippen LogP contribution in [-0.2, 0) is 19.1 Å². The predicted octanol–water partition coefficient (Wildman–Crippen LogP) is 1.72. The number of aromatic nitrogens is 2. The highest BCUT2D eigenvalue weighted by molar-refractivity contribution is 8.05. The number of para-hydroxylation sites is 1. The number of benzene rings is 1. The number of aryl methyl sites for hydroxylation is 1. The van der Waals surface area contributed by atoms with Crippen LogP contribution in [0.5, 0.6) is 5.75 Å². The summed E-state index contributed by atoms with van der Waals surface area (Å²) >= 11 is 4.47. The first-order valence-corrected chi connectivity index (χ1v) is 12.5. The number of rotatable bonds is 8. The van der Waals surface area contributed by atoms with E-state index in [0.29, 0.717) is 11.5 Å². The third-order valence-electron chi connectivity index (χ3n) is 5.17. The van der Waals surface area contributed by atoms with Gasteiger partial charge in [-0.25, -0.2) is 4.79 Å². The van der Waals surface area contributed by atoms with Crippen LogP contribution >= 0.6 is 34.9 Å². The summed E-state index contributed by atoms with van der Waals surface area (Å²) in [6.45, 7) is 3.61. The van der Waals surface area contributed by atoms with Crippen LogP contribution in [0.15, 0.2) is 34.7 Å². The lowest BCUT2D eigenvalue weighted by Crippen LogP contribution is -2.71. The van der Waals surface area contributed by atoms with E-state index in [9.17, 15) is 14.4 Å². The van der Waals surface area contributed by atoms with Gasteiger partial charge in [-0.15, -0.1) is 22.0 Å². The summed E-state index contributed by atoms with van der Waals surface area (Å²) in [5.41, 5.74) is 0. The number of nitrogens with one attached hydrogen (secondary N) is 1. The number of ether oxygens (including phenoxy) is 2. The van der Waals surface area contributed by atoms with Crippen molar-refractivity contribution in [2.75, 3.05) is 19.5 Å². The summed E-state index contributed by atoms with van der Waals surface area (Å²) < 4.78 is 10.6. The summed E-state index contributed by atoms with van der Waals surface area (Å²) in [5, 5.41) is 11.4. The molecule has 0 saturated carbocycles. The highest BCUT2D eigenvalue weighted by atomic mass is 32.2. The zero-order valence-electron chi connectivity index (χ0n) is 17.6. The number of esters is 1. The second kappa shape index (κ2) is 9.28. The number of methoxy groups -OCH3 is 1. The first-order chi connectivity index (χ1) is 15.3. The monoisotopic (exact) mass is 494 g/mol. The van der Waals surface area contributed by atoms with Crippen LogP contribution in [0.3, 0.4) is 0 Å². The maximum atomic E-state index is 12.9. The Morgan fingerprint density at radius 2 is 2.03 bits per heavy atom. The number of nitrogens with zero attached hydrogens (tertiary/aromatic N) is 3. The van der Waals surface area contributed by atoms with Crippen LogP contribution in [0.25, 0.3) is 0 Å². The van der Waals surface area contributed by atoms with Crippen LogP contribution in [0.2, 0.25) is 0 Å². The Labute approximate surface area is 197 Å². The minimum atomic E-state index is -0.745. The smallest absolute Gasteiger partial charge is 0.330 e. The van der Waals surface area contributed by atoms with E-state index in [1.807, 2.05) is 32.0 Å². The van der Waals surface area contributed by atoms with Crippen molar-refractivity contribution in [1.29, 1.82) is 0 Å². The lowest BCUT2D eigenvalue weighted by atomic mass is 9.96. The lowest BCUT2D eigenvalue weighted by molar-refractivity contribution is -0.162. The quantitative estimate of drug-likeness (QED) is 0.333. The van der Waals surface area contributed by atoms with Gasteiger partial charge in [0, 0.05) is 5.75 Å². The fourth-order valence-corrected chi connectivity index (χ4v) is 7.52. The van der Waals surface area contributed by atoms with E-state index in [0.717, 1.165) is 9.35 Å². The topological polar surface area (TPSA) is 111 Å². The van der Waals surface area contributed by atoms with Crippen molar-refractivity contribution < 1.29 is 23.9 Å². The minimum Gasteiger partial charge on any atom is -0.484 e. The molecule has 3 heterocycles. The number of amides is 2. The molecule has 1 N–H and O–H groups in total. The fourth-order valence-electron chi connectivity index (χ4n) is 3.66. The van der Waals surface area contributed by atoms with Crippen molar-refractivity contribution in [3.8, 4) is 5.75 Å². The molecular formula is C20H22N4O5S3. The third kappa shape index (κ3) is 4.44. The van der Waals surface area contributed by atoms with E-state index >= 15 is 0 Å². The fraction of sp³-hybridized carbons (Fsp3) is 0.450. The summed E-state index contributed by atoms with van der Waals surface area (Å²) in [7, 11) is 1.31. The molecule has 1 aromatic carbocycles. The van der Waals surface area contributed by atoms with Crippen LogP contribution in [0.4, 0.5) is 0 Å². The van der Waals surface area contributed by atoms with Gasteiger partial charge in [-0.3, -0.25) is 9.59 Å². The van der Waals surface area contributed by atoms with E-state index in [4.69, 9.17) is 9.47 Å². The van der Waals surface area contributed by atoms with Gasteiger partial charge in [0.2, 0.25) is 5.91 Å². The second-order valence-corrected chi connectivity index (χ2v) is 11.6. The summed E-state index contributed by atoms with van der Waals surface area (Å²) in [5.74, 6) is -0.0611. The SMILES string of the molecule is COC(=O)C1N2C(=O)C(NC(=O)COc3ccccc3)[C@@H]2SC1(C)CSc1nnc(C)s1. The summed E-state index contributed by atoms with van der Waals surface area (Å²) in [6, 6.07) is 7.51. The number of carbonyl (C=O) groups excluding carboxylic acids is 3. The van der Waals surface area contributed by atoms with E-state index in [1.54, 1.807) is 12.1 Å². The minimum absolute atomic E-state index is 0.199. The molecule has 0 aliphatic carbocycles. The van der Waals surface area contributed by atoms with Crippen molar-refractivity contribution >= 4 is 52.6 Å². The van der Waals surface area contributed by atoms with Crippen LogP contribution in [-0.4, -0.2) is 74.6 Å². The molecule has 0 bridgehead atoms. The van der Waals surface area contributed by atoms with Crippen molar-refractivity contribution in [1.82, 2.24) is 20.4 Å². The number of thioether (sulfide) groups is 2. The van der Waals surface area contributed by atoms with Gasteiger partial charge in [0.1, 0.15) is 28.2 Å². The largest absolute Gasteiger partial charge is 0.484 e. The molecule has 9 nitrogen and oxygen atoms in total. The van der Waals surface area contributed by atoms with Crippen LogP contribution < -0.4 is 10.1 Å². The highest BCUT2D eigenvalue weighted by Crippen LogP contribution is 2.53. The van der Waals surface area contributed by atoms with E-state index < -0.39 is 28.7 Å². The summed E-state index contributed by atoms with van der Waals surface area (Å²) in [6.07, 6.45) is 0. The van der Waals surface area contributed by atoms with Crippen LogP contribution in [0.1, 0.15) is 11.9 Å². The Morgan fingerprint density at radius 3 is 2.69 bits per heavy atom. The molecule has 32 heavy (non-hydrogen) atoms. The Morgan fingerprint density at radius 1 is 1.28 bits per heavy atom. The molecule has 4 rings (SSSR count). The van der Waals surface area contributed by atoms with Crippen LogP contribution in [0, 0.1) is 6.92 Å². The number of hydrogen-bond acceptors (Lipinski definition) is 10. The molecule has 1 aromatic heterocycles. The number of carbonyl (C=O) groups is 3. The van der Waals surface area contributed by atoms with E-state index in [1.165, 1.54) is 46.9 Å². The normalized spacial score (nSPS) is 26.3. The van der Waals surface area contributed by atoms with Gasteiger partial charge >= 0.3 is 5.97 Å². The van der Waals surface area contributed by atoms with Gasteiger partial charge in [0.05, 0.1) is 11.9 Å². The molecular weight excluding hydrogens is 472 g/mol. The maximum Gasteiger partial charge on any atom is 0.330 e. The van der Waals surface area contributed by atoms with Crippen molar-refractivity contribution in [2.45, 2.75) is 40.4 Å². The average Bonchev–Trinajstić information content (AvgIpc) is 3.34. The standard InChI is InChI=1S/C20H22N4O5S3/c1-11-22-23-19(31-11)30-10-20(2)15(18(27)28-3)24-16(26)14(17(24)32-20)21-13(25)9-29-12-7-5-4-6-8-12/h4-8,14-15,17H,9-10H2,1-3H3,(H,21,25)/t14?,15?,17-,20?/m0/s1. The molecule has 4 atom stereocenters. The Balaban J connectivity index is 1.42. The molecule has 2 amide bonds. The first-order valence-electron chi connectivity index (χ1n) is 9.80. The number of β-lactam (4-membered cyclic amide) rings is 1. The molecule has 170 valence electrons. The third-order valence-corrected chi connectivity index (χ3v) is 9.31. The van der Waals surface area contributed by atoms with Crippen molar-refractivity contribution in [3.63, 3.8) is 0 Å². The van der Waals surface area contributed by atoms with Gasteiger partial charge in [0.15, 0.2) is 10.9 Å². The van der Waals surface area contributed by atoms with Crippen molar-refractivity contribution in [2.24, 2.45) is 0 Å². The zero-order valence-corrected chi connectivity index (χ0v) is 20.1. The molecule has 0 radical (unpaired) electrons. The van der Waals surface area contributed by atoms with Gasteiger partial charge in [-0.1, -0.05) is 41.3 Å². The molecule has 2 aliphatic rings. The molecule has 12 heteroatoms. The van der Waals surface area contributed by atoms with Gasteiger partial charge in [-0.2, -0.15) is 0 Å². The summed E-state index contributed by atoms with van der Waals surface area (Å²) in [4.78, 5) is 39.4. The Hall–Kier alpha value is -2.31. The molecule has 2 saturated heterocycles. The molecule has 2 aliphatic heterocycles. The first kappa shape index (κ1) is 22.9. The maximum absolute atomic E-state index is 12.9. The second-order valence-electron chi connectivity index (χ2n) is 7.51. The van der Waals surface area contributed by atoms with Crippen molar-refractivity contribution in [3.05, 3.63) is 35.3 Å². The van der Waals surface area contributed by atoms with Gasteiger partial charge < -0.3 is 19.7 Å². The average molecular weight is 495 g/mol.